The number of methoxy groups -OCH3 is 1. The fourth-order valence-corrected chi connectivity index (χ4v) is 1.83. The van der Waals surface area contributed by atoms with E-state index in [4.69, 9.17) is 9.47 Å². The molecule has 0 aliphatic rings. The molecule has 2 N–H and O–H groups in total. The van der Waals surface area contributed by atoms with E-state index in [1.165, 1.54) is 4.68 Å². The van der Waals surface area contributed by atoms with E-state index in [9.17, 15) is 9.90 Å². The monoisotopic (exact) mass is 306 g/mol. The van der Waals surface area contributed by atoms with E-state index in [0.29, 0.717) is 22.9 Å². The van der Waals surface area contributed by atoms with Crippen molar-refractivity contribution in [3.63, 3.8) is 0 Å². The van der Waals surface area contributed by atoms with Crippen molar-refractivity contribution in [3.8, 4) is 11.5 Å². The summed E-state index contributed by atoms with van der Waals surface area (Å²) in [4.78, 5) is 11.5. The molecule has 0 fully saturated rings. The maximum absolute atomic E-state index is 11.5. The third kappa shape index (κ3) is 3.73. The Hall–Kier alpha value is -2.61. The zero-order chi connectivity index (χ0) is 15.9. The molecule has 8 heteroatoms. The Morgan fingerprint density at radius 2 is 2.18 bits per heavy atom. The molecule has 0 radical (unpaired) electrons. The molecule has 0 spiro atoms. The normalized spacial score (nSPS) is 10.3. The van der Waals surface area contributed by atoms with Crippen molar-refractivity contribution in [3.05, 3.63) is 35.7 Å². The zero-order valence-electron chi connectivity index (χ0n) is 12.4. The topological polar surface area (TPSA) is 98.5 Å². The number of likely N-dealkylation sites (N-methyl/N-ethyl adjacent to an activating group) is 1. The van der Waals surface area contributed by atoms with E-state index in [0.717, 1.165) is 0 Å². The van der Waals surface area contributed by atoms with Crippen LogP contribution in [0.5, 0.6) is 11.5 Å². The van der Waals surface area contributed by atoms with Crippen molar-refractivity contribution in [1.82, 2.24) is 20.3 Å². The van der Waals surface area contributed by atoms with Crippen LogP contribution < -0.4 is 14.8 Å². The Balaban J connectivity index is 2.13. The fraction of sp³-hybridized carbons (Fsp3) is 0.357. The van der Waals surface area contributed by atoms with Crippen LogP contribution in [0.25, 0.3) is 0 Å². The molecule has 0 aliphatic carbocycles. The van der Waals surface area contributed by atoms with E-state index < -0.39 is 0 Å². The van der Waals surface area contributed by atoms with Crippen molar-refractivity contribution in [1.29, 1.82) is 0 Å². The van der Waals surface area contributed by atoms with Crippen LogP contribution in [0.1, 0.15) is 11.4 Å². The first-order valence-corrected chi connectivity index (χ1v) is 6.67. The highest BCUT2D eigenvalue weighted by Crippen LogP contribution is 2.20. The highest BCUT2D eigenvalue weighted by molar-refractivity contribution is 5.75. The van der Waals surface area contributed by atoms with Gasteiger partial charge < -0.3 is 19.9 Å². The first-order valence-electron chi connectivity index (χ1n) is 6.67. The predicted octanol–water partition coefficient (Wildman–Crippen LogP) is 0.104. The minimum Gasteiger partial charge on any atom is -0.497 e. The average molecular weight is 306 g/mol. The average Bonchev–Trinajstić information content (AvgIpc) is 2.94. The van der Waals surface area contributed by atoms with Crippen LogP contribution in [0.3, 0.4) is 0 Å². The lowest BCUT2D eigenvalue weighted by atomic mass is 10.3. The number of nitrogens with zero attached hydrogens (tertiary/aromatic N) is 3. The van der Waals surface area contributed by atoms with Gasteiger partial charge in [0, 0.05) is 13.1 Å². The molecule has 118 valence electrons. The Morgan fingerprint density at radius 1 is 1.41 bits per heavy atom. The van der Waals surface area contributed by atoms with Crippen molar-refractivity contribution in [2.24, 2.45) is 0 Å². The molecule has 1 aromatic carbocycles. The van der Waals surface area contributed by atoms with Crippen LogP contribution in [0, 0.1) is 0 Å². The molecule has 8 nitrogen and oxygen atoms in total. The van der Waals surface area contributed by atoms with Gasteiger partial charge in [0.2, 0.25) is 5.91 Å². The van der Waals surface area contributed by atoms with Gasteiger partial charge in [-0.1, -0.05) is 11.3 Å². The lowest BCUT2D eigenvalue weighted by Gasteiger charge is -2.10. The van der Waals surface area contributed by atoms with Crippen molar-refractivity contribution >= 4 is 5.91 Å². The molecule has 0 saturated heterocycles. The maximum atomic E-state index is 11.5. The second kappa shape index (κ2) is 7.41. The molecule has 0 saturated carbocycles. The number of nitrogens with one attached hydrogen (secondary N) is 1. The maximum Gasteiger partial charge on any atom is 0.241 e. The summed E-state index contributed by atoms with van der Waals surface area (Å²) in [5.41, 5.74) is 0.931. The summed E-state index contributed by atoms with van der Waals surface area (Å²) >= 11 is 0. The summed E-state index contributed by atoms with van der Waals surface area (Å²) in [6.07, 6.45) is 0. The van der Waals surface area contributed by atoms with Gasteiger partial charge in [-0.05, 0) is 12.1 Å². The minimum atomic E-state index is -0.273. The summed E-state index contributed by atoms with van der Waals surface area (Å²) in [7, 11) is 3.12. The molecule has 2 aromatic rings. The van der Waals surface area contributed by atoms with E-state index in [-0.39, 0.29) is 25.7 Å². The third-order valence-corrected chi connectivity index (χ3v) is 3.06. The highest BCUT2D eigenvalue weighted by atomic mass is 16.5. The Bertz CT molecular complexity index is 642. The smallest absolute Gasteiger partial charge is 0.241 e. The number of hydrogen-bond acceptors (Lipinski definition) is 6. The summed E-state index contributed by atoms with van der Waals surface area (Å²) in [5.74, 6) is 1.07. The van der Waals surface area contributed by atoms with Gasteiger partial charge in [-0.25, -0.2) is 4.68 Å². The number of benzene rings is 1. The van der Waals surface area contributed by atoms with Crippen LogP contribution in [0.4, 0.5) is 0 Å². The number of ether oxygens (including phenoxy) is 2. The van der Waals surface area contributed by atoms with Gasteiger partial charge in [0.25, 0.3) is 0 Å². The molecule has 1 amide bonds. The second-order valence-electron chi connectivity index (χ2n) is 4.44. The molecule has 0 aliphatic heterocycles. The summed E-state index contributed by atoms with van der Waals surface area (Å²) in [6, 6.07) is 7.14. The second-order valence-corrected chi connectivity index (χ2v) is 4.44. The largest absolute Gasteiger partial charge is 0.497 e. The number of carbonyl (C=O) groups is 1. The first kappa shape index (κ1) is 15.8. The molecule has 0 atom stereocenters. The molecule has 0 bridgehead atoms. The lowest BCUT2D eigenvalue weighted by Crippen LogP contribution is -2.25. The number of rotatable bonds is 7. The lowest BCUT2D eigenvalue weighted by molar-refractivity contribution is -0.121. The van der Waals surface area contributed by atoms with Crippen LogP contribution >= 0.6 is 0 Å². The number of carbonyl (C=O) groups excluding carboxylic acids is 1. The number of aliphatic hydroxyl groups excluding tert-OH is 1. The molecule has 22 heavy (non-hydrogen) atoms. The quantitative estimate of drug-likeness (QED) is 0.753. The minimum absolute atomic E-state index is 0.0142. The SMILES string of the molecule is CNC(=O)Cn1nnc(CO)c1COc1cccc(OC)c1. The molecule has 1 aromatic heterocycles. The molecule has 1 heterocycles. The van der Waals surface area contributed by atoms with Crippen LogP contribution in [-0.4, -0.2) is 40.2 Å². The summed E-state index contributed by atoms with van der Waals surface area (Å²) < 4.78 is 12.2. The van der Waals surface area contributed by atoms with Gasteiger partial charge in [0.05, 0.1) is 13.7 Å². The van der Waals surface area contributed by atoms with E-state index in [1.807, 2.05) is 6.07 Å². The molecule has 2 rings (SSSR count). The van der Waals surface area contributed by atoms with Gasteiger partial charge >= 0.3 is 0 Å². The Morgan fingerprint density at radius 3 is 2.86 bits per heavy atom. The third-order valence-electron chi connectivity index (χ3n) is 3.06. The zero-order valence-corrected chi connectivity index (χ0v) is 12.4. The number of aliphatic hydroxyl groups is 1. The Kier molecular flexibility index (Phi) is 5.31. The first-order chi connectivity index (χ1) is 10.7. The van der Waals surface area contributed by atoms with Gasteiger partial charge in [0.15, 0.2) is 0 Å². The van der Waals surface area contributed by atoms with Gasteiger partial charge in [0.1, 0.15) is 36.0 Å². The van der Waals surface area contributed by atoms with Crippen molar-refractivity contribution in [2.75, 3.05) is 14.2 Å². The Labute approximate surface area is 127 Å². The molecular formula is C14H18N4O4. The van der Waals surface area contributed by atoms with E-state index >= 15 is 0 Å². The summed E-state index contributed by atoms with van der Waals surface area (Å²) in [5, 5.41) is 19.5. The standard InChI is InChI=1S/C14H18N4O4/c1-15-14(20)7-18-13(12(8-19)16-17-18)9-22-11-5-3-4-10(6-11)21-2/h3-6,19H,7-9H2,1-2H3,(H,15,20). The van der Waals surface area contributed by atoms with Gasteiger partial charge in [-0.15, -0.1) is 5.10 Å². The number of aromatic nitrogens is 3. The van der Waals surface area contributed by atoms with E-state index in [2.05, 4.69) is 15.6 Å². The van der Waals surface area contributed by atoms with Crippen LogP contribution in [-0.2, 0) is 24.6 Å². The highest BCUT2D eigenvalue weighted by Gasteiger charge is 2.15. The van der Waals surface area contributed by atoms with E-state index in [1.54, 1.807) is 32.4 Å². The molecular weight excluding hydrogens is 288 g/mol. The number of hydrogen-bond donors (Lipinski definition) is 2. The van der Waals surface area contributed by atoms with Crippen molar-refractivity contribution < 1.29 is 19.4 Å². The predicted molar refractivity (Wildman–Crippen MR) is 77.3 cm³/mol. The fourth-order valence-electron chi connectivity index (χ4n) is 1.83. The summed E-state index contributed by atoms with van der Waals surface area (Å²) in [6.45, 7) is -0.127. The number of amides is 1. The van der Waals surface area contributed by atoms with Crippen molar-refractivity contribution in [2.45, 2.75) is 19.8 Å². The van der Waals surface area contributed by atoms with Crippen LogP contribution in [0.15, 0.2) is 24.3 Å². The molecule has 0 unspecified atom stereocenters. The van der Waals surface area contributed by atoms with Crippen LogP contribution in [0.2, 0.25) is 0 Å². The van der Waals surface area contributed by atoms with Gasteiger partial charge in [-0.2, -0.15) is 0 Å². The van der Waals surface area contributed by atoms with Gasteiger partial charge in [-0.3, -0.25) is 4.79 Å².